The number of fused-ring (bicyclic) bond motifs is 1. The summed E-state index contributed by atoms with van der Waals surface area (Å²) in [4.78, 5) is 11.0. The smallest absolute Gasteiger partial charge is 0.335 e. The molecule has 0 atom stereocenters. The molecule has 0 radical (unpaired) electrons. The number of hydrogen-bond donors (Lipinski definition) is 1. The van der Waals surface area contributed by atoms with Gasteiger partial charge in [0.2, 0.25) is 0 Å². The van der Waals surface area contributed by atoms with E-state index in [9.17, 15) is 22.7 Å². The lowest BCUT2D eigenvalue weighted by atomic mass is 10.00. The van der Waals surface area contributed by atoms with Gasteiger partial charge >= 0.3 is 5.97 Å². The van der Waals surface area contributed by atoms with Gasteiger partial charge in [0.25, 0.3) is 0 Å². The van der Waals surface area contributed by atoms with Crippen molar-refractivity contribution >= 4 is 15.8 Å². The fourth-order valence-electron chi connectivity index (χ4n) is 2.94. The average molecular weight is 394 g/mol. The Morgan fingerprint density at radius 1 is 1.30 bits per heavy atom. The van der Waals surface area contributed by atoms with Crippen LogP contribution in [0.4, 0.5) is 4.39 Å². The van der Waals surface area contributed by atoms with Crippen molar-refractivity contribution in [3.63, 3.8) is 0 Å². The summed E-state index contributed by atoms with van der Waals surface area (Å²) in [5.41, 5.74) is 0.129. The Morgan fingerprint density at radius 2 is 2.00 bits per heavy atom. The highest BCUT2D eigenvalue weighted by atomic mass is 32.2. The van der Waals surface area contributed by atoms with Crippen molar-refractivity contribution in [2.75, 3.05) is 5.75 Å². The van der Waals surface area contributed by atoms with E-state index in [1.165, 1.54) is 25.1 Å². The number of sulfone groups is 1. The maximum absolute atomic E-state index is 14.3. The minimum Gasteiger partial charge on any atom is -0.487 e. The number of benzene rings is 2. The van der Waals surface area contributed by atoms with Gasteiger partial charge in [0, 0.05) is 18.1 Å². The van der Waals surface area contributed by atoms with Crippen molar-refractivity contribution in [1.82, 2.24) is 0 Å². The summed E-state index contributed by atoms with van der Waals surface area (Å²) in [6.45, 7) is 5.16. The van der Waals surface area contributed by atoms with Gasteiger partial charge in [-0.2, -0.15) is 0 Å². The number of aromatic carboxylic acids is 1. The standard InChI is InChI=1S/C19H19FO6S/c1-4-27(23,24)17-6-5-12(9-14(17)20)25-15-7-11(18(21)22)8-16-13(15)10-19(2,3)26-16/h5-9H,4,10H2,1-3H3,(H,21,22). The van der Waals surface area contributed by atoms with E-state index in [0.717, 1.165) is 12.1 Å². The second-order valence-corrected chi connectivity index (χ2v) is 9.14. The molecule has 1 aliphatic rings. The molecule has 3 rings (SSSR count). The maximum atomic E-state index is 14.3. The molecule has 0 fully saturated rings. The summed E-state index contributed by atoms with van der Waals surface area (Å²) in [5.74, 6) is -1.58. The summed E-state index contributed by atoms with van der Waals surface area (Å²) in [7, 11) is -3.69. The minimum atomic E-state index is -3.69. The van der Waals surface area contributed by atoms with Gasteiger partial charge in [-0.25, -0.2) is 17.6 Å². The van der Waals surface area contributed by atoms with E-state index in [2.05, 4.69) is 0 Å². The first-order valence-corrected chi connectivity index (χ1v) is 9.97. The van der Waals surface area contributed by atoms with Crippen LogP contribution >= 0.6 is 0 Å². The van der Waals surface area contributed by atoms with Crippen molar-refractivity contribution in [2.24, 2.45) is 0 Å². The third-order valence-corrected chi connectivity index (χ3v) is 6.01. The zero-order chi connectivity index (χ0) is 20.0. The highest BCUT2D eigenvalue weighted by molar-refractivity contribution is 7.91. The molecule has 144 valence electrons. The normalized spacial score (nSPS) is 15.1. The van der Waals surface area contributed by atoms with Crippen LogP contribution in [0.3, 0.4) is 0 Å². The summed E-state index contributed by atoms with van der Waals surface area (Å²) in [6, 6.07) is 6.23. The molecule has 1 N–H and O–H groups in total. The van der Waals surface area contributed by atoms with E-state index >= 15 is 0 Å². The van der Waals surface area contributed by atoms with Crippen molar-refractivity contribution in [1.29, 1.82) is 0 Å². The topological polar surface area (TPSA) is 89.9 Å². The van der Waals surface area contributed by atoms with Crippen LogP contribution in [-0.2, 0) is 16.3 Å². The molecule has 0 amide bonds. The first kappa shape index (κ1) is 19.2. The lowest BCUT2D eigenvalue weighted by Crippen LogP contribution is -2.24. The molecule has 0 saturated carbocycles. The molecular formula is C19H19FO6S. The lowest BCUT2D eigenvalue weighted by molar-refractivity contribution is 0.0695. The van der Waals surface area contributed by atoms with E-state index in [1.807, 2.05) is 13.8 Å². The Labute approximate surface area is 156 Å². The SMILES string of the molecule is CCS(=O)(=O)c1ccc(Oc2cc(C(=O)O)cc3c2CC(C)(C)O3)cc1F. The predicted octanol–water partition coefficient (Wildman–Crippen LogP) is 3.82. The molecule has 0 bridgehead atoms. The van der Waals surface area contributed by atoms with Crippen LogP contribution in [0.25, 0.3) is 0 Å². The number of carboxylic acid groups (broad SMARTS) is 1. The van der Waals surface area contributed by atoms with E-state index in [-0.39, 0.29) is 22.8 Å². The quantitative estimate of drug-likeness (QED) is 0.829. The fourth-order valence-corrected chi connectivity index (χ4v) is 3.88. The van der Waals surface area contributed by atoms with Gasteiger partial charge in [-0.1, -0.05) is 6.92 Å². The second kappa shape index (κ2) is 6.53. The number of halogens is 1. The molecule has 27 heavy (non-hydrogen) atoms. The molecule has 1 aliphatic heterocycles. The summed E-state index contributed by atoms with van der Waals surface area (Å²) >= 11 is 0. The Bertz CT molecular complexity index is 1030. The minimum absolute atomic E-state index is 0.0212. The largest absolute Gasteiger partial charge is 0.487 e. The van der Waals surface area contributed by atoms with Crippen LogP contribution in [0.2, 0.25) is 0 Å². The highest BCUT2D eigenvalue weighted by Gasteiger charge is 2.34. The van der Waals surface area contributed by atoms with Crippen molar-refractivity contribution < 1.29 is 32.2 Å². The molecule has 2 aromatic rings. The predicted molar refractivity (Wildman–Crippen MR) is 96.0 cm³/mol. The van der Waals surface area contributed by atoms with Gasteiger partial charge in [0.1, 0.15) is 33.6 Å². The first-order valence-electron chi connectivity index (χ1n) is 8.32. The van der Waals surface area contributed by atoms with Crippen LogP contribution in [-0.4, -0.2) is 30.8 Å². The van der Waals surface area contributed by atoms with Crippen LogP contribution in [0.15, 0.2) is 35.2 Å². The number of carboxylic acids is 1. The zero-order valence-corrected chi connectivity index (χ0v) is 15.9. The Hall–Kier alpha value is -2.61. The average Bonchev–Trinajstić information content (AvgIpc) is 2.88. The molecular weight excluding hydrogens is 375 g/mol. The van der Waals surface area contributed by atoms with Gasteiger partial charge in [0.15, 0.2) is 9.84 Å². The monoisotopic (exact) mass is 394 g/mol. The molecule has 0 aromatic heterocycles. The summed E-state index contributed by atoms with van der Waals surface area (Å²) in [6.07, 6.45) is 0.488. The number of hydrogen-bond acceptors (Lipinski definition) is 5. The highest BCUT2D eigenvalue weighted by Crippen LogP contribution is 2.43. The van der Waals surface area contributed by atoms with E-state index < -0.39 is 32.1 Å². The zero-order valence-electron chi connectivity index (χ0n) is 15.1. The third kappa shape index (κ3) is 3.75. The van der Waals surface area contributed by atoms with Crippen LogP contribution in [0.1, 0.15) is 36.7 Å². The molecule has 0 aliphatic carbocycles. The lowest BCUT2D eigenvalue weighted by Gasteiger charge is -2.16. The molecule has 0 unspecified atom stereocenters. The molecule has 0 spiro atoms. The number of rotatable bonds is 5. The Morgan fingerprint density at radius 3 is 2.59 bits per heavy atom. The Kier molecular flexibility index (Phi) is 4.63. The van der Waals surface area contributed by atoms with E-state index in [0.29, 0.717) is 17.7 Å². The number of carbonyl (C=O) groups is 1. The van der Waals surface area contributed by atoms with E-state index in [1.54, 1.807) is 0 Å². The van der Waals surface area contributed by atoms with Crippen LogP contribution in [0.5, 0.6) is 17.2 Å². The molecule has 8 heteroatoms. The van der Waals surface area contributed by atoms with Crippen molar-refractivity contribution in [3.8, 4) is 17.2 Å². The van der Waals surface area contributed by atoms with Gasteiger partial charge in [-0.3, -0.25) is 0 Å². The number of ether oxygens (including phenoxy) is 2. The van der Waals surface area contributed by atoms with Crippen molar-refractivity contribution in [2.45, 2.75) is 37.7 Å². The van der Waals surface area contributed by atoms with Gasteiger partial charge in [-0.15, -0.1) is 0 Å². The summed E-state index contributed by atoms with van der Waals surface area (Å²) in [5, 5.41) is 9.30. The van der Waals surface area contributed by atoms with Crippen LogP contribution < -0.4 is 9.47 Å². The van der Waals surface area contributed by atoms with Crippen LogP contribution in [0, 0.1) is 5.82 Å². The molecule has 2 aromatic carbocycles. The first-order chi connectivity index (χ1) is 12.5. The molecule has 0 saturated heterocycles. The third-order valence-electron chi connectivity index (χ3n) is 4.25. The Balaban J connectivity index is 2.02. The summed E-state index contributed by atoms with van der Waals surface area (Å²) < 4.78 is 49.5. The van der Waals surface area contributed by atoms with Gasteiger partial charge in [0.05, 0.1) is 11.3 Å². The van der Waals surface area contributed by atoms with Crippen molar-refractivity contribution in [3.05, 3.63) is 47.3 Å². The van der Waals surface area contributed by atoms with Gasteiger partial charge < -0.3 is 14.6 Å². The molecule has 1 heterocycles. The maximum Gasteiger partial charge on any atom is 0.335 e. The van der Waals surface area contributed by atoms with E-state index in [4.69, 9.17) is 9.47 Å². The van der Waals surface area contributed by atoms with Gasteiger partial charge in [-0.05, 0) is 38.1 Å². The second-order valence-electron chi connectivity index (χ2n) is 6.89. The molecule has 6 nitrogen and oxygen atoms in total. The fraction of sp³-hybridized carbons (Fsp3) is 0.316.